The number of ether oxygens (including phenoxy) is 1. The van der Waals surface area contributed by atoms with Crippen LogP contribution in [0.4, 0.5) is 30.2 Å². The summed E-state index contributed by atoms with van der Waals surface area (Å²) in [6, 6.07) is 19.5. The lowest BCUT2D eigenvalue weighted by atomic mass is 10.1. The summed E-state index contributed by atoms with van der Waals surface area (Å²) < 4.78 is 43.3. The van der Waals surface area contributed by atoms with E-state index in [0.29, 0.717) is 17.9 Å². The maximum Gasteiger partial charge on any atom is 0.487 e. The molecule has 186 valence electrons. The van der Waals surface area contributed by atoms with Crippen molar-refractivity contribution in [1.29, 1.82) is 0 Å². The van der Waals surface area contributed by atoms with Gasteiger partial charge in [0.1, 0.15) is 17.3 Å². The Kier molecular flexibility index (Phi) is 6.59. The molecule has 2 aliphatic heterocycles. The highest BCUT2D eigenvalue weighted by molar-refractivity contribution is 6.54. The summed E-state index contributed by atoms with van der Waals surface area (Å²) in [5.41, 5.74) is -0.651. The molecule has 2 aliphatic rings. The van der Waals surface area contributed by atoms with Gasteiger partial charge in [-0.1, -0.05) is 18.2 Å². The van der Waals surface area contributed by atoms with Crippen molar-refractivity contribution in [3.05, 3.63) is 84.2 Å². The molecule has 0 bridgehead atoms. The summed E-state index contributed by atoms with van der Waals surface area (Å²) in [6.45, 7) is 3.40. The van der Waals surface area contributed by atoms with Gasteiger partial charge in [-0.15, -0.1) is 8.78 Å². The number of nitrogens with zero attached hydrogens (tertiary/aromatic N) is 4. The summed E-state index contributed by atoms with van der Waals surface area (Å²) in [6.07, 6.45) is 0. The fraction of sp³-hybridized carbons (Fsp3) is 0.231. The number of amides is 1. The SMILES string of the molecule is O=C1C(=Nc2ccc(OC(F)(F)Cl)cc2)c2ccccc2N1CN1CCN(c2ccc(F)cc2)CC1. The Morgan fingerprint density at radius 2 is 1.58 bits per heavy atom. The van der Waals surface area contributed by atoms with Gasteiger partial charge in [0.2, 0.25) is 0 Å². The minimum Gasteiger partial charge on any atom is -0.420 e. The minimum atomic E-state index is -3.81. The standard InChI is InChI=1S/C26H22ClF3N4O2/c27-26(29,30)36-21-11-7-19(8-12-21)31-24-22-3-1-2-4-23(22)34(25(24)35)17-32-13-15-33(16-14-32)20-9-5-18(28)6-10-20/h1-12H,13-17H2. The van der Waals surface area contributed by atoms with Crippen LogP contribution in [0.25, 0.3) is 0 Å². The van der Waals surface area contributed by atoms with Crippen molar-refractivity contribution in [2.45, 2.75) is 5.57 Å². The monoisotopic (exact) mass is 514 g/mol. The number of fused-ring (bicyclic) bond motifs is 1. The number of carbonyl (C=O) groups is 1. The third kappa shape index (κ3) is 5.32. The largest absolute Gasteiger partial charge is 0.487 e. The highest BCUT2D eigenvalue weighted by atomic mass is 35.5. The van der Waals surface area contributed by atoms with Crippen molar-refractivity contribution < 1.29 is 22.7 Å². The van der Waals surface area contributed by atoms with E-state index in [0.717, 1.165) is 37.6 Å². The van der Waals surface area contributed by atoms with E-state index in [2.05, 4.69) is 19.5 Å². The van der Waals surface area contributed by atoms with E-state index >= 15 is 0 Å². The summed E-state index contributed by atoms with van der Waals surface area (Å²) in [7, 11) is 0. The van der Waals surface area contributed by atoms with Gasteiger partial charge in [0.25, 0.3) is 5.91 Å². The number of anilines is 2. The molecule has 0 radical (unpaired) electrons. The molecular formula is C26H22ClF3N4O2. The molecule has 0 atom stereocenters. The zero-order chi connectivity index (χ0) is 25.3. The van der Waals surface area contributed by atoms with E-state index in [9.17, 15) is 18.0 Å². The topological polar surface area (TPSA) is 48.4 Å². The van der Waals surface area contributed by atoms with Crippen molar-refractivity contribution in [3.8, 4) is 5.75 Å². The quantitative estimate of drug-likeness (QED) is 0.422. The first kappa shape index (κ1) is 24.1. The van der Waals surface area contributed by atoms with Crippen molar-refractivity contribution >= 4 is 40.3 Å². The van der Waals surface area contributed by atoms with Crippen molar-refractivity contribution in [2.24, 2.45) is 4.99 Å². The Bertz CT molecular complexity index is 1270. The first-order valence-electron chi connectivity index (χ1n) is 11.4. The average Bonchev–Trinajstić information content (AvgIpc) is 3.11. The molecule has 0 saturated carbocycles. The molecule has 0 N–H and O–H groups in total. The van der Waals surface area contributed by atoms with Gasteiger partial charge in [-0.3, -0.25) is 14.6 Å². The number of rotatable bonds is 6. The lowest BCUT2D eigenvalue weighted by molar-refractivity contribution is -0.112. The predicted molar refractivity (Wildman–Crippen MR) is 133 cm³/mol. The molecule has 10 heteroatoms. The molecule has 0 spiro atoms. The van der Waals surface area contributed by atoms with E-state index < -0.39 is 5.57 Å². The van der Waals surface area contributed by atoms with Crippen molar-refractivity contribution in [3.63, 3.8) is 0 Å². The van der Waals surface area contributed by atoms with Crippen molar-refractivity contribution in [2.75, 3.05) is 42.6 Å². The fourth-order valence-corrected chi connectivity index (χ4v) is 4.45. The molecule has 36 heavy (non-hydrogen) atoms. The number of hydrogen-bond acceptors (Lipinski definition) is 5. The van der Waals surface area contributed by atoms with E-state index in [1.165, 1.54) is 36.4 Å². The zero-order valence-electron chi connectivity index (χ0n) is 19.1. The number of piperazine rings is 1. The number of hydrogen-bond donors (Lipinski definition) is 0. The highest BCUT2D eigenvalue weighted by Gasteiger charge is 2.35. The molecule has 1 saturated heterocycles. The fourth-order valence-electron chi connectivity index (χ4n) is 4.36. The van der Waals surface area contributed by atoms with Gasteiger partial charge in [0, 0.05) is 49.0 Å². The third-order valence-electron chi connectivity index (χ3n) is 6.11. The lowest BCUT2D eigenvalue weighted by Crippen LogP contribution is -2.51. The molecular weight excluding hydrogens is 493 g/mol. The molecule has 3 aromatic carbocycles. The Morgan fingerprint density at radius 1 is 0.917 bits per heavy atom. The Labute approximate surface area is 211 Å². The number of carbonyl (C=O) groups excluding carboxylic acids is 1. The molecule has 6 nitrogen and oxygen atoms in total. The van der Waals surface area contributed by atoms with Crippen LogP contribution in [0.1, 0.15) is 5.56 Å². The first-order valence-corrected chi connectivity index (χ1v) is 11.7. The molecule has 1 amide bonds. The summed E-state index contributed by atoms with van der Waals surface area (Å²) in [5, 5.41) is 0. The van der Waals surface area contributed by atoms with Gasteiger partial charge in [-0.25, -0.2) is 9.38 Å². The van der Waals surface area contributed by atoms with Gasteiger partial charge in [0.15, 0.2) is 0 Å². The number of aliphatic imine (C=N–C) groups is 1. The van der Waals surface area contributed by atoms with Crippen LogP contribution in [-0.2, 0) is 4.79 Å². The van der Waals surface area contributed by atoms with Crippen LogP contribution in [0.2, 0.25) is 0 Å². The van der Waals surface area contributed by atoms with Gasteiger partial charge >= 0.3 is 5.57 Å². The summed E-state index contributed by atoms with van der Waals surface area (Å²) >= 11 is 4.81. The maximum atomic E-state index is 13.4. The molecule has 0 unspecified atom stereocenters. The second-order valence-corrected chi connectivity index (χ2v) is 8.92. The normalized spacial score (nSPS) is 17.6. The van der Waals surface area contributed by atoms with Crippen LogP contribution < -0.4 is 14.5 Å². The number of benzene rings is 3. The summed E-state index contributed by atoms with van der Waals surface area (Å²) in [5.74, 6) is -0.606. The molecule has 1 fully saturated rings. The maximum absolute atomic E-state index is 13.4. The van der Waals surface area contributed by atoms with Crippen LogP contribution in [0.3, 0.4) is 0 Å². The van der Waals surface area contributed by atoms with Crippen LogP contribution >= 0.6 is 11.6 Å². The third-order valence-corrected chi connectivity index (χ3v) is 6.19. The molecule has 3 aromatic rings. The number of para-hydroxylation sites is 1. The van der Waals surface area contributed by atoms with Crippen molar-refractivity contribution in [1.82, 2.24) is 4.90 Å². The lowest BCUT2D eigenvalue weighted by Gasteiger charge is -2.37. The zero-order valence-corrected chi connectivity index (χ0v) is 19.8. The molecule has 0 aliphatic carbocycles. The number of alkyl halides is 3. The second-order valence-electron chi connectivity index (χ2n) is 8.48. The molecule has 0 aromatic heterocycles. The number of halogens is 4. The molecule has 5 rings (SSSR count). The highest BCUT2D eigenvalue weighted by Crippen LogP contribution is 2.32. The minimum absolute atomic E-state index is 0.112. The smallest absolute Gasteiger partial charge is 0.420 e. The Hall–Kier alpha value is -3.56. The van der Waals surface area contributed by atoms with Gasteiger partial charge < -0.3 is 9.64 Å². The van der Waals surface area contributed by atoms with Crippen LogP contribution in [0.15, 0.2) is 77.8 Å². The first-order chi connectivity index (χ1) is 17.3. The van der Waals surface area contributed by atoms with Crippen LogP contribution in [-0.4, -0.2) is 54.9 Å². The van der Waals surface area contributed by atoms with Gasteiger partial charge in [-0.05, 0) is 54.6 Å². The average molecular weight is 515 g/mol. The predicted octanol–water partition coefficient (Wildman–Crippen LogP) is 5.24. The van der Waals surface area contributed by atoms with E-state index in [1.807, 2.05) is 24.3 Å². The van der Waals surface area contributed by atoms with Gasteiger partial charge in [-0.2, -0.15) is 0 Å². The Balaban J connectivity index is 1.29. The van der Waals surface area contributed by atoms with Crippen LogP contribution in [0.5, 0.6) is 5.75 Å². The molecule has 2 heterocycles. The van der Waals surface area contributed by atoms with E-state index in [1.54, 1.807) is 17.0 Å². The van der Waals surface area contributed by atoms with Gasteiger partial charge in [0.05, 0.1) is 18.0 Å². The van der Waals surface area contributed by atoms with E-state index in [4.69, 9.17) is 11.6 Å². The Morgan fingerprint density at radius 3 is 2.25 bits per heavy atom. The van der Waals surface area contributed by atoms with Crippen LogP contribution in [0, 0.1) is 5.82 Å². The van der Waals surface area contributed by atoms with E-state index in [-0.39, 0.29) is 23.2 Å². The summed E-state index contributed by atoms with van der Waals surface area (Å²) in [4.78, 5) is 24.0. The second kappa shape index (κ2) is 9.83.